The molecule has 1 N–H and O–H groups in total. The zero-order valence-corrected chi connectivity index (χ0v) is 13.5. The van der Waals surface area contributed by atoms with Gasteiger partial charge in [-0.05, 0) is 52.5 Å². The van der Waals surface area contributed by atoms with E-state index in [2.05, 4.69) is 42.1 Å². The van der Waals surface area contributed by atoms with Gasteiger partial charge in [-0.15, -0.1) is 11.3 Å². The van der Waals surface area contributed by atoms with Gasteiger partial charge in [-0.1, -0.05) is 0 Å². The van der Waals surface area contributed by atoms with Crippen LogP contribution in [-0.2, 0) is 13.1 Å². The van der Waals surface area contributed by atoms with Crippen molar-refractivity contribution in [3.8, 4) is 0 Å². The average molecular weight is 281 g/mol. The third kappa shape index (κ3) is 4.02. The Morgan fingerprint density at radius 3 is 2.95 bits per heavy atom. The van der Waals surface area contributed by atoms with Gasteiger partial charge < -0.3 is 10.2 Å². The molecule has 1 aliphatic rings. The molecular formula is C15H27N3S. The Morgan fingerprint density at radius 1 is 1.42 bits per heavy atom. The molecule has 1 aromatic rings. The van der Waals surface area contributed by atoms with Crippen LogP contribution < -0.4 is 5.32 Å². The normalized spacial score (nSPS) is 22.6. The molecule has 0 aromatic carbocycles. The van der Waals surface area contributed by atoms with Crippen LogP contribution in [0.5, 0.6) is 0 Å². The molecule has 2 rings (SSSR count). The molecule has 0 radical (unpaired) electrons. The minimum atomic E-state index is 0.652. The van der Waals surface area contributed by atoms with E-state index in [4.69, 9.17) is 0 Å². The van der Waals surface area contributed by atoms with E-state index in [1.54, 1.807) is 0 Å². The number of hydrogen-bond acceptors (Lipinski definition) is 4. The van der Waals surface area contributed by atoms with Crippen molar-refractivity contribution in [2.24, 2.45) is 0 Å². The van der Waals surface area contributed by atoms with Crippen molar-refractivity contribution in [1.29, 1.82) is 0 Å². The smallest absolute Gasteiger partial charge is 0.0296 e. The molecule has 19 heavy (non-hydrogen) atoms. The molecule has 2 heterocycles. The third-order valence-corrected chi connectivity index (χ3v) is 5.07. The van der Waals surface area contributed by atoms with Crippen LogP contribution in [0.3, 0.4) is 0 Å². The van der Waals surface area contributed by atoms with Crippen LogP contribution in [-0.4, -0.2) is 49.6 Å². The second-order valence-electron chi connectivity index (χ2n) is 5.76. The predicted octanol–water partition coefficient (Wildman–Crippen LogP) is 2.30. The first-order valence-corrected chi connectivity index (χ1v) is 8.07. The summed E-state index contributed by atoms with van der Waals surface area (Å²) in [5, 5.41) is 3.24. The fraction of sp³-hybridized carbons (Fsp3) is 0.733. The highest BCUT2D eigenvalue weighted by Gasteiger charge is 2.20. The molecular weight excluding hydrogens is 254 g/mol. The number of rotatable bonds is 4. The average Bonchev–Trinajstić information content (AvgIpc) is 2.59. The van der Waals surface area contributed by atoms with E-state index in [1.807, 2.05) is 18.4 Å². The maximum atomic E-state index is 3.24. The van der Waals surface area contributed by atoms with Crippen molar-refractivity contribution in [2.75, 3.05) is 33.7 Å². The van der Waals surface area contributed by atoms with Gasteiger partial charge in [0, 0.05) is 42.0 Å². The van der Waals surface area contributed by atoms with E-state index < -0.39 is 0 Å². The Kier molecular flexibility index (Phi) is 5.39. The van der Waals surface area contributed by atoms with Crippen molar-refractivity contribution >= 4 is 11.3 Å². The summed E-state index contributed by atoms with van der Waals surface area (Å²) in [5.74, 6) is 0. The van der Waals surface area contributed by atoms with Crippen LogP contribution in [0.1, 0.15) is 28.7 Å². The summed E-state index contributed by atoms with van der Waals surface area (Å²) in [4.78, 5) is 8.03. The summed E-state index contributed by atoms with van der Waals surface area (Å²) in [6.45, 7) is 10.4. The second kappa shape index (κ2) is 6.84. The molecule has 1 atom stereocenters. The Hall–Kier alpha value is -0.420. The Labute approximate surface area is 121 Å². The van der Waals surface area contributed by atoms with Crippen molar-refractivity contribution in [3.05, 3.63) is 21.4 Å². The second-order valence-corrected chi connectivity index (χ2v) is 7.10. The minimum Gasteiger partial charge on any atom is -0.315 e. The van der Waals surface area contributed by atoms with Crippen LogP contribution in [0.4, 0.5) is 0 Å². The van der Waals surface area contributed by atoms with Gasteiger partial charge in [-0.25, -0.2) is 0 Å². The highest BCUT2D eigenvalue weighted by Crippen LogP contribution is 2.24. The number of nitrogens with one attached hydrogen (secondary N) is 1. The van der Waals surface area contributed by atoms with E-state index in [0.717, 1.165) is 13.1 Å². The largest absolute Gasteiger partial charge is 0.315 e. The fourth-order valence-electron chi connectivity index (χ4n) is 2.88. The zero-order chi connectivity index (χ0) is 13.8. The molecule has 0 amide bonds. The van der Waals surface area contributed by atoms with Gasteiger partial charge in [0.1, 0.15) is 0 Å². The lowest BCUT2D eigenvalue weighted by atomic mass is 10.2. The Morgan fingerprint density at radius 2 is 2.21 bits per heavy atom. The number of aryl methyl sites for hydroxylation is 1. The van der Waals surface area contributed by atoms with Crippen LogP contribution in [0.2, 0.25) is 0 Å². The van der Waals surface area contributed by atoms with E-state index in [1.165, 1.54) is 41.4 Å². The molecule has 0 spiro atoms. The van der Waals surface area contributed by atoms with Crippen molar-refractivity contribution in [3.63, 3.8) is 0 Å². The molecule has 1 saturated heterocycles. The summed E-state index contributed by atoms with van der Waals surface area (Å²) in [6, 6.07) is 3.04. The lowest BCUT2D eigenvalue weighted by Gasteiger charge is -2.27. The lowest BCUT2D eigenvalue weighted by molar-refractivity contribution is 0.194. The SMILES string of the molecule is CNCc1cc(CN2CCCN(C)CC2C)c(C)s1. The van der Waals surface area contributed by atoms with Crippen LogP contribution in [0.15, 0.2) is 6.07 Å². The first kappa shape index (κ1) is 15.0. The van der Waals surface area contributed by atoms with Gasteiger partial charge >= 0.3 is 0 Å². The molecule has 0 bridgehead atoms. The van der Waals surface area contributed by atoms with Gasteiger partial charge in [0.25, 0.3) is 0 Å². The lowest BCUT2D eigenvalue weighted by Crippen LogP contribution is -2.37. The maximum Gasteiger partial charge on any atom is 0.0296 e. The standard InChI is InChI=1S/C15H27N3S/c1-12-10-17(4)6-5-7-18(12)11-14-8-15(9-16-3)19-13(14)2/h8,12,16H,5-7,9-11H2,1-4H3. The first-order chi connectivity index (χ1) is 9.10. The molecule has 1 aromatic heterocycles. The van der Waals surface area contributed by atoms with E-state index in [0.29, 0.717) is 6.04 Å². The summed E-state index contributed by atoms with van der Waals surface area (Å²) < 4.78 is 0. The van der Waals surface area contributed by atoms with Gasteiger partial charge in [0.2, 0.25) is 0 Å². The minimum absolute atomic E-state index is 0.652. The zero-order valence-electron chi connectivity index (χ0n) is 12.7. The first-order valence-electron chi connectivity index (χ1n) is 7.25. The molecule has 108 valence electrons. The van der Waals surface area contributed by atoms with Gasteiger partial charge in [0.15, 0.2) is 0 Å². The molecule has 3 nitrogen and oxygen atoms in total. The summed E-state index contributed by atoms with van der Waals surface area (Å²) in [5.41, 5.74) is 1.52. The van der Waals surface area contributed by atoms with E-state index >= 15 is 0 Å². The van der Waals surface area contributed by atoms with Crippen molar-refractivity contribution < 1.29 is 0 Å². The van der Waals surface area contributed by atoms with Gasteiger partial charge in [-0.2, -0.15) is 0 Å². The molecule has 1 unspecified atom stereocenters. The van der Waals surface area contributed by atoms with Gasteiger partial charge in [0.05, 0.1) is 0 Å². The summed E-state index contributed by atoms with van der Waals surface area (Å²) >= 11 is 1.93. The molecule has 4 heteroatoms. The molecule has 0 aliphatic carbocycles. The van der Waals surface area contributed by atoms with Crippen LogP contribution in [0, 0.1) is 6.92 Å². The number of nitrogens with zero attached hydrogens (tertiary/aromatic N) is 2. The van der Waals surface area contributed by atoms with Crippen molar-refractivity contribution in [2.45, 2.75) is 39.4 Å². The molecule has 0 saturated carbocycles. The highest BCUT2D eigenvalue weighted by atomic mass is 32.1. The Balaban J connectivity index is 2.03. The quantitative estimate of drug-likeness (QED) is 0.913. The van der Waals surface area contributed by atoms with Gasteiger partial charge in [-0.3, -0.25) is 4.90 Å². The van der Waals surface area contributed by atoms with Crippen LogP contribution in [0.25, 0.3) is 0 Å². The number of hydrogen-bond donors (Lipinski definition) is 1. The third-order valence-electron chi connectivity index (χ3n) is 3.98. The molecule has 1 fully saturated rings. The molecule has 1 aliphatic heterocycles. The van der Waals surface area contributed by atoms with Crippen LogP contribution >= 0.6 is 11.3 Å². The number of thiophene rings is 1. The van der Waals surface area contributed by atoms with E-state index in [-0.39, 0.29) is 0 Å². The fourth-order valence-corrected chi connectivity index (χ4v) is 3.95. The predicted molar refractivity (Wildman–Crippen MR) is 83.8 cm³/mol. The highest BCUT2D eigenvalue weighted by molar-refractivity contribution is 7.12. The summed E-state index contributed by atoms with van der Waals surface area (Å²) in [6.07, 6.45) is 1.29. The summed E-state index contributed by atoms with van der Waals surface area (Å²) in [7, 11) is 4.25. The van der Waals surface area contributed by atoms with E-state index in [9.17, 15) is 0 Å². The topological polar surface area (TPSA) is 18.5 Å². The monoisotopic (exact) mass is 281 g/mol. The maximum absolute atomic E-state index is 3.24. The van der Waals surface area contributed by atoms with Crippen molar-refractivity contribution in [1.82, 2.24) is 15.1 Å². The Bertz CT molecular complexity index is 402. The number of likely N-dealkylation sites (N-methyl/N-ethyl adjacent to an activating group) is 1.